The van der Waals surface area contributed by atoms with Gasteiger partial charge in [-0.25, -0.2) is 0 Å². The first-order valence-electron chi connectivity index (χ1n) is 8.78. The molecule has 0 bridgehead atoms. The van der Waals surface area contributed by atoms with Crippen LogP contribution in [0.2, 0.25) is 0 Å². The maximum atomic E-state index is 12.4. The van der Waals surface area contributed by atoms with Crippen molar-refractivity contribution in [3.63, 3.8) is 0 Å². The van der Waals surface area contributed by atoms with Gasteiger partial charge in [0.2, 0.25) is 0 Å². The summed E-state index contributed by atoms with van der Waals surface area (Å²) < 4.78 is 0. The summed E-state index contributed by atoms with van der Waals surface area (Å²) in [6.45, 7) is 8.02. The molecule has 0 saturated heterocycles. The van der Waals surface area contributed by atoms with E-state index in [0.29, 0.717) is 6.42 Å². The molecule has 4 nitrogen and oxygen atoms in total. The summed E-state index contributed by atoms with van der Waals surface area (Å²) >= 11 is 0. The second kappa shape index (κ2) is 6.08. The molecule has 24 heavy (non-hydrogen) atoms. The lowest BCUT2D eigenvalue weighted by atomic mass is 9.84. The molecule has 2 N–H and O–H groups in total. The van der Waals surface area contributed by atoms with Crippen LogP contribution in [0.15, 0.2) is 12.1 Å². The molecule has 1 aliphatic rings. The number of aldehydes is 1. The third-order valence-electron chi connectivity index (χ3n) is 4.84. The number of rotatable bonds is 4. The van der Waals surface area contributed by atoms with Crippen LogP contribution < -0.4 is 5.32 Å². The average Bonchev–Trinajstić information content (AvgIpc) is 2.77. The van der Waals surface area contributed by atoms with Crippen molar-refractivity contribution in [3.05, 3.63) is 29.0 Å². The van der Waals surface area contributed by atoms with Gasteiger partial charge < -0.3 is 15.1 Å². The van der Waals surface area contributed by atoms with Crippen LogP contribution in [0.4, 0.5) is 5.69 Å². The second-order valence-corrected chi connectivity index (χ2v) is 7.69. The van der Waals surface area contributed by atoms with E-state index in [-0.39, 0.29) is 11.8 Å². The molecule has 0 unspecified atom stereocenters. The third-order valence-corrected chi connectivity index (χ3v) is 4.84. The first-order chi connectivity index (χ1) is 11.3. The van der Waals surface area contributed by atoms with Gasteiger partial charge in [-0.3, -0.25) is 4.79 Å². The van der Waals surface area contributed by atoms with Gasteiger partial charge >= 0.3 is 0 Å². The topological polar surface area (TPSA) is 62.0 Å². The molecule has 0 spiro atoms. The minimum absolute atomic E-state index is 0.202. The number of ketones is 1. The van der Waals surface area contributed by atoms with E-state index in [1.165, 1.54) is 0 Å². The molecule has 0 radical (unpaired) electrons. The molecule has 3 rings (SSSR count). The minimum atomic E-state index is -0.585. The van der Waals surface area contributed by atoms with Crippen molar-refractivity contribution in [1.29, 1.82) is 0 Å². The number of aryl methyl sites for hydroxylation is 1. The molecule has 1 aromatic carbocycles. The fourth-order valence-electron chi connectivity index (χ4n) is 3.53. The lowest BCUT2D eigenvalue weighted by molar-refractivity contribution is -0.111. The quantitative estimate of drug-likeness (QED) is 0.647. The van der Waals surface area contributed by atoms with Gasteiger partial charge in [0.1, 0.15) is 6.29 Å². The molecule has 1 aromatic heterocycles. The van der Waals surface area contributed by atoms with Gasteiger partial charge in [-0.2, -0.15) is 0 Å². The van der Waals surface area contributed by atoms with Gasteiger partial charge in [-0.15, -0.1) is 0 Å². The zero-order chi connectivity index (χ0) is 17.5. The Morgan fingerprint density at radius 3 is 2.58 bits per heavy atom. The smallest absolute Gasteiger partial charge is 0.179 e. The first kappa shape index (κ1) is 16.7. The van der Waals surface area contributed by atoms with E-state index >= 15 is 0 Å². The molecule has 0 saturated carbocycles. The Hall–Kier alpha value is -2.10. The number of hydrogen-bond acceptors (Lipinski definition) is 3. The maximum Gasteiger partial charge on any atom is 0.179 e. The van der Waals surface area contributed by atoms with Crippen molar-refractivity contribution >= 4 is 28.7 Å². The number of nitrogens with one attached hydrogen (secondary N) is 2. The Kier molecular flexibility index (Phi) is 4.24. The van der Waals surface area contributed by atoms with Crippen LogP contribution in [0, 0.1) is 0 Å². The highest BCUT2D eigenvalue weighted by Gasteiger charge is 2.27. The monoisotopic (exact) mass is 326 g/mol. The van der Waals surface area contributed by atoms with Crippen molar-refractivity contribution in [2.75, 3.05) is 5.32 Å². The molecule has 0 fully saturated rings. The first-order valence-corrected chi connectivity index (χ1v) is 8.78. The van der Waals surface area contributed by atoms with E-state index in [2.05, 4.69) is 30.2 Å². The highest BCUT2D eigenvalue weighted by Crippen LogP contribution is 2.36. The number of hydrogen-bond donors (Lipinski definition) is 2. The SMILES string of the molecule is CC(C)Nc1cc2c3c([nH]c2cc1C(C)(C)C=O)C(=O)CCCC3. The van der Waals surface area contributed by atoms with Crippen molar-refractivity contribution in [3.8, 4) is 0 Å². The lowest BCUT2D eigenvalue weighted by Crippen LogP contribution is -2.22. The van der Waals surface area contributed by atoms with Gasteiger partial charge in [0.15, 0.2) is 5.78 Å². The van der Waals surface area contributed by atoms with Gasteiger partial charge in [0, 0.05) is 34.5 Å². The number of fused-ring (bicyclic) bond motifs is 3. The zero-order valence-corrected chi connectivity index (χ0v) is 15.0. The summed E-state index contributed by atoms with van der Waals surface area (Å²) in [5, 5.41) is 4.58. The van der Waals surface area contributed by atoms with E-state index < -0.39 is 5.41 Å². The number of benzene rings is 1. The van der Waals surface area contributed by atoms with E-state index in [0.717, 1.165) is 59.0 Å². The van der Waals surface area contributed by atoms with E-state index in [4.69, 9.17) is 0 Å². The average molecular weight is 326 g/mol. The molecular formula is C20H26N2O2. The molecule has 0 atom stereocenters. The number of aromatic nitrogens is 1. The van der Waals surface area contributed by atoms with Gasteiger partial charge in [-0.05, 0) is 70.2 Å². The molecule has 1 aliphatic carbocycles. The predicted molar refractivity (Wildman–Crippen MR) is 98.0 cm³/mol. The van der Waals surface area contributed by atoms with Crippen molar-refractivity contribution in [1.82, 2.24) is 4.98 Å². The van der Waals surface area contributed by atoms with Crippen LogP contribution in [0.3, 0.4) is 0 Å². The predicted octanol–water partition coefficient (Wildman–Crippen LogP) is 4.37. The van der Waals surface area contributed by atoms with Crippen LogP contribution in [0.25, 0.3) is 10.9 Å². The Morgan fingerprint density at radius 2 is 1.92 bits per heavy atom. The molecular weight excluding hydrogens is 300 g/mol. The Labute approximate surface area is 143 Å². The summed E-state index contributed by atoms with van der Waals surface area (Å²) in [4.78, 5) is 27.3. The number of carbonyl (C=O) groups excluding carboxylic acids is 2. The molecule has 1 heterocycles. The van der Waals surface area contributed by atoms with Crippen molar-refractivity contribution in [2.24, 2.45) is 0 Å². The van der Waals surface area contributed by atoms with Gasteiger partial charge in [0.05, 0.1) is 5.69 Å². The summed E-state index contributed by atoms with van der Waals surface area (Å²) in [5.41, 5.74) is 4.21. The van der Waals surface area contributed by atoms with E-state index in [9.17, 15) is 9.59 Å². The number of aromatic amines is 1. The number of H-pyrrole nitrogens is 1. The number of Topliss-reactive ketones (excluding diaryl/α,β-unsaturated/α-hetero) is 1. The summed E-state index contributed by atoms with van der Waals surface area (Å²) in [6.07, 6.45) is 4.53. The largest absolute Gasteiger partial charge is 0.383 e. The summed E-state index contributed by atoms with van der Waals surface area (Å²) in [6, 6.07) is 4.42. The Bertz CT molecular complexity index is 800. The standard InChI is InChI=1S/C20H26N2O2/c1-12(2)21-17-9-14-13-7-5-6-8-18(24)19(13)22-16(14)10-15(17)20(3,4)11-23/h9-12,21-22H,5-8H2,1-4H3. The van der Waals surface area contributed by atoms with Crippen LogP contribution in [-0.2, 0) is 16.6 Å². The zero-order valence-electron chi connectivity index (χ0n) is 15.0. The maximum absolute atomic E-state index is 12.4. The summed E-state index contributed by atoms with van der Waals surface area (Å²) in [5.74, 6) is 0.202. The molecule has 2 aromatic rings. The fourth-order valence-corrected chi connectivity index (χ4v) is 3.53. The highest BCUT2D eigenvalue weighted by molar-refractivity contribution is 6.03. The Balaban J connectivity index is 2.25. The van der Waals surface area contributed by atoms with Crippen LogP contribution in [-0.4, -0.2) is 23.1 Å². The van der Waals surface area contributed by atoms with E-state index in [1.54, 1.807) is 0 Å². The van der Waals surface area contributed by atoms with Crippen LogP contribution in [0.5, 0.6) is 0 Å². The number of carbonyl (C=O) groups is 2. The van der Waals surface area contributed by atoms with Crippen molar-refractivity contribution in [2.45, 2.75) is 64.8 Å². The van der Waals surface area contributed by atoms with Crippen LogP contribution >= 0.6 is 0 Å². The lowest BCUT2D eigenvalue weighted by Gasteiger charge is -2.24. The third kappa shape index (κ3) is 2.85. The number of anilines is 1. The second-order valence-electron chi connectivity index (χ2n) is 7.69. The summed E-state index contributed by atoms with van der Waals surface area (Å²) in [7, 11) is 0. The Morgan fingerprint density at radius 1 is 1.21 bits per heavy atom. The van der Waals surface area contributed by atoms with E-state index in [1.807, 2.05) is 19.9 Å². The molecule has 0 aliphatic heterocycles. The van der Waals surface area contributed by atoms with Gasteiger partial charge in [0.25, 0.3) is 0 Å². The minimum Gasteiger partial charge on any atom is -0.383 e. The normalized spacial score (nSPS) is 15.5. The molecule has 128 valence electrons. The van der Waals surface area contributed by atoms with Crippen LogP contribution in [0.1, 0.15) is 68.6 Å². The van der Waals surface area contributed by atoms with Crippen molar-refractivity contribution < 1.29 is 9.59 Å². The fraction of sp³-hybridized carbons (Fsp3) is 0.500. The highest BCUT2D eigenvalue weighted by atomic mass is 16.1. The molecule has 4 heteroatoms. The molecule has 0 amide bonds. The van der Waals surface area contributed by atoms with Gasteiger partial charge in [-0.1, -0.05) is 0 Å².